The van der Waals surface area contributed by atoms with Crippen molar-refractivity contribution in [1.29, 1.82) is 0 Å². The number of hydrogen-bond acceptors (Lipinski definition) is 3. The van der Waals surface area contributed by atoms with Gasteiger partial charge in [-0.05, 0) is 25.4 Å². The van der Waals surface area contributed by atoms with Crippen LogP contribution in [0.25, 0.3) is 0 Å². The SMILES string of the molecule is CCN(CC)CC(C)NC(=O)[C@H]1[C@@H](C(=O)O)C1(C)C. The van der Waals surface area contributed by atoms with Crippen molar-refractivity contribution >= 4 is 11.9 Å². The lowest BCUT2D eigenvalue weighted by Crippen LogP contribution is -2.43. The van der Waals surface area contributed by atoms with Crippen LogP contribution in [0.2, 0.25) is 0 Å². The fourth-order valence-electron chi connectivity index (χ4n) is 2.84. The van der Waals surface area contributed by atoms with Gasteiger partial charge in [0, 0.05) is 12.6 Å². The van der Waals surface area contributed by atoms with Crippen molar-refractivity contribution in [3.63, 3.8) is 0 Å². The number of nitrogens with zero attached hydrogens (tertiary/aromatic N) is 1. The third-order valence-corrected chi connectivity index (χ3v) is 4.19. The van der Waals surface area contributed by atoms with E-state index in [0.29, 0.717) is 0 Å². The van der Waals surface area contributed by atoms with Crippen LogP contribution in [0.1, 0.15) is 34.6 Å². The molecule has 0 aromatic carbocycles. The van der Waals surface area contributed by atoms with E-state index in [1.807, 2.05) is 20.8 Å². The van der Waals surface area contributed by atoms with Crippen molar-refractivity contribution in [1.82, 2.24) is 10.2 Å². The summed E-state index contributed by atoms with van der Waals surface area (Å²) in [4.78, 5) is 25.4. The zero-order chi connectivity index (χ0) is 14.8. The van der Waals surface area contributed by atoms with E-state index in [1.165, 1.54) is 0 Å². The van der Waals surface area contributed by atoms with Crippen molar-refractivity contribution in [3.05, 3.63) is 0 Å². The molecule has 0 spiro atoms. The predicted molar refractivity (Wildman–Crippen MR) is 73.8 cm³/mol. The van der Waals surface area contributed by atoms with Crippen LogP contribution < -0.4 is 5.32 Å². The molecule has 2 N–H and O–H groups in total. The maximum Gasteiger partial charge on any atom is 0.307 e. The van der Waals surface area contributed by atoms with E-state index in [2.05, 4.69) is 24.1 Å². The first-order valence-electron chi connectivity index (χ1n) is 7.01. The molecule has 1 unspecified atom stereocenters. The zero-order valence-electron chi connectivity index (χ0n) is 12.6. The number of amides is 1. The molecule has 5 nitrogen and oxygen atoms in total. The highest BCUT2D eigenvalue weighted by atomic mass is 16.4. The van der Waals surface area contributed by atoms with E-state index >= 15 is 0 Å². The van der Waals surface area contributed by atoms with E-state index in [-0.39, 0.29) is 11.9 Å². The molecule has 1 fully saturated rings. The molecule has 0 radical (unpaired) electrons. The molecule has 0 saturated heterocycles. The van der Waals surface area contributed by atoms with Gasteiger partial charge in [0.1, 0.15) is 0 Å². The minimum Gasteiger partial charge on any atom is -0.481 e. The molecule has 0 aliphatic heterocycles. The first-order chi connectivity index (χ1) is 8.75. The topological polar surface area (TPSA) is 69.6 Å². The lowest BCUT2D eigenvalue weighted by atomic mass is 10.1. The standard InChI is InChI=1S/C14H26N2O3/c1-6-16(7-2)8-9(3)15-12(17)10-11(13(18)19)14(10,4)5/h9-11H,6-8H2,1-5H3,(H,15,17)(H,18,19)/t9?,10-,11+/m1/s1. The molecule has 1 saturated carbocycles. The van der Waals surface area contributed by atoms with Gasteiger partial charge in [-0.15, -0.1) is 0 Å². The summed E-state index contributed by atoms with van der Waals surface area (Å²) in [5, 5.41) is 12.0. The van der Waals surface area contributed by atoms with Crippen LogP contribution in [0, 0.1) is 17.3 Å². The Morgan fingerprint density at radius 2 is 1.79 bits per heavy atom. The lowest BCUT2D eigenvalue weighted by molar-refractivity contribution is -0.140. The largest absolute Gasteiger partial charge is 0.481 e. The minimum atomic E-state index is -0.874. The number of rotatable bonds is 7. The minimum absolute atomic E-state index is 0.0400. The second-order valence-electron chi connectivity index (χ2n) is 6.01. The number of hydrogen-bond donors (Lipinski definition) is 2. The van der Waals surface area contributed by atoms with Gasteiger partial charge in [0.25, 0.3) is 0 Å². The van der Waals surface area contributed by atoms with Gasteiger partial charge in [-0.2, -0.15) is 0 Å². The normalized spacial score (nSPS) is 26.0. The lowest BCUT2D eigenvalue weighted by Gasteiger charge is -2.23. The molecule has 0 heterocycles. The zero-order valence-corrected chi connectivity index (χ0v) is 12.6. The number of carbonyl (C=O) groups excluding carboxylic acids is 1. The third kappa shape index (κ3) is 3.47. The number of aliphatic carboxylic acids is 1. The Bertz CT molecular complexity index is 351. The average Bonchev–Trinajstić information content (AvgIpc) is 2.89. The van der Waals surface area contributed by atoms with Gasteiger partial charge in [-0.1, -0.05) is 27.7 Å². The first-order valence-corrected chi connectivity index (χ1v) is 7.01. The highest BCUT2D eigenvalue weighted by Crippen LogP contribution is 2.58. The van der Waals surface area contributed by atoms with Crippen LogP contribution >= 0.6 is 0 Å². The summed E-state index contributed by atoms with van der Waals surface area (Å²) < 4.78 is 0. The van der Waals surface area contributed by atoms with Crippen LogP contribution in [0.3, 0.4) is 0 Å². The van der Waals surface area contributed by atoms with Crippen molar-refractivity contribution in [2.75, 3.05) is 19.6 Å². The van der Waals surface area contributed by atoms with Crippen molar-refractivity contribution in [2.24, 2.45) is 17.3 Å². The summed E-state index contributed by atoms with van der Waals surface area (Å²) in [6, 6.07) is 0.0400. The van der Waals surface area contributed by atoms with E-state index in [9.17, 15) is 9.59 Å². The van der Waals surface area contributed by atoms with Gasteiger partial charge in [0.15, 0.2) is 0 Å². The summed E-state index contributed by atoms with van der Waals surface area (Å²) in [5.74, 6) is -1.95. The fraction of sp³-hybridized carbons (Fsp3) is 0.857. The molecule has 1 aliphatic carbocycles. The van der Waals surface area contributed by atoms with Gasteiger partial charge in [0.05, 0.1) is 11.8 Å². The molecule has 0 bridgehead atoms. The molecule has 5 heteroatoms. The van der Waals surface area contributed by atoms with Crippen molar-refractivity contribution in [3.8, 4) is 0 Å². The summed E-state index contributed by atoms with van der Waals surface area (Å²) in [7, 11) is 0. The molecule has 19 heavy (non-hydrogen) atoms. The Labute approximate surface area is 115 Å². The van der Waals surface area contributed by atoms with Gasteiger partial charge < -0.3 is 15.3 Å². The number of carbonyl (C=O) groups is 2. The van der Waals surface area contributed by atoms with Gasteiger partial charge >= 0.3 is 5.97 Å². The molecule has 0 aromatic rings. The summed E-state index contributed by atoms with van der Waals surface area (Å²) in [6.45, 7) is 12.5. The number of carboxylic acids is 1. The molecule has 1 amide bonds. The molecule has 0 aromatic heterocycles. The van der Waals surface area contributed by atoms with E-state index < -0.39 is 23.2 Å². The van der Waals surface area contributed by atoms with Crippen LogP contribution in [0.15, 0.2) is 0 Å². The van der Waals surface area contributed by atoms with Crippen molar-refractivity contribution < 1.29 is 14.7 Å². The summed E-state index contributed by atoms with van der Waals surface area (Å²) >= 11 is 0. The molecule has 3 atom stereocenters. The van der Waals surface area contributed by atoms with Crippen LogP contribution in [-0.4, -0.2) is 47.6 Å². The maximum absolute atomic E-state index is 12.1. The molecule has 1 rings (SSSR count). The predicted octanol–water partition coefficient (Wildman–Crippen LogP) is 1.19. The molecule has 1 aliphatic rings. The Hall–Kier alpha value is -1.10. The Balaban J connectivity index is 2.50. The maximum atomic E-state index is 12.1. The highest BCUT2D eigenvalue weighted by Gasteiger charge is 2.65. The number of carboxylic acid groups (broad SMARTS) is 1. The molecular formula is C14H26N2O3. The van der Waals surface area contributed by atoms with Crippen molar-refractivity contribution in [2.45, 2.75) is 40.7 Å². The second kappa shape index (κ2) is 5.90. The molecule has 110 valence electrons. The second-order valence-corrected chi connectivity index (χ2v) is 6.01. The van der Waals surface area contributed by atoms with E-state index in [1.54, 1.807) is 0 Å². The first kappa shape index (κ1) is 16.0. The Kier molecular flexibility index (Phi) is 4.96. The smallest absolute Gasteiger partial charge is 0.307 e. The Morgan fingerprint density at radius 3 is 2.16 bits per heavy atom. The number of likely N-dealkylation sites (N-methyl/N-ethyl adjacent to an activating group) is 1. The summed E-state index contributed by atoms with van der Waals surface area (Å²) in [6.07, 6.45) is 0. The quantitative estimate of drug-likeness (QED) is 0.729. The van der Waals surface area contributed by atoms with Gasteiger partial charge in [-0.3, -0.25) is 9.59 Å². The van der Waals surface area contributed by atoms with Gasteiger partial charge in [-0.25, -0.2) is 0 Å². The van der Waals surface area contributed by atoms with Crippen LogP contribution in [0.5, 0.6) is 0 Å². The van der Waals surface area contributed by atoms with Crippen LogP contribution in [0.4, 0.5) is 0 Å². The fourth-order valence-corrected chi connectivity index (χ4v) is 2.84. The third-order valence-electron chi connectivity index (χ3n) is 4.19. The van der Waals surface area contributed by atoms with Gasteiger partial charge in [0.2, 0.25) is 5.91 Å². The number of nitrogens with one attached hydrogen (secondary N) is 1. The highest BCUT2D eigenvalue weighted by molar-refractivity contribution is 5.91. The summed E-state index contributed by atoms with van der Waals surface area (Å²) in [5.41, 5.74) is -0.426. The Morgan fingerprint density at radius 1 is 1.26 bits per heavy atom. The monoisotopic (exact) mass is 270 g/mol. The van der Waals surface area contributed by atoms with E-state index in [0.717, 1.165) is 19.6 Å². The average molecular weight is 270 g/mol. The molecular weight excluding hydrogens is 244 g/mol. The van der Waals surface area contributed by atoms with Crippen LogP contribution in [-0.2, 0) is 9.59 Å². The van der Waals surface area contributed by atoms with E-state index in [4.69, 9.17) is 5.11 Å².